The maximum Gasteiger partial charge on any atom is 0.416 e. The Hall–Kier alpha value is -3.59. The van der Waals surface area contributed by atoms with Gasteiger partial charge in [0.1, 0.15) is 11.5 Å². The van der Waals surface area contributed by atoms with Crippen LogP contribution in [0.25, 0.3) is 5.76 Å². The highest BCUT2D eigenvalue weighted by molar-refractivity contribution is 7.10. The number of ether oxygens (including phenoxy) is 1. The highest BCUT2D eigenvalue weighted by Crippen LogP contribution is 2.43. The normalized spacial score (nSPS) is 17.8. The van der Waals surface area contributed by atoms with Crippen LogP contribution < -0.4 is 4.74 Å². The molecule has 1 aliphatic heterocycles. The first-order chi connectivity index (χ1) is 16.5. The predicted octanol–water partition coefficient (Wildman–Crippen LogP) is 6.01. The molecule has 0 saturated carbocycles. The van der Waals surface area contributed by atoms with Crippen LogP contribution in [0.3, 0.4) is 0 Å². The number of alkyl halides is 3. The summed E-state index contributed by atoms with van der Waals surface area (Å²) in [6.45, 7) is 3.31. The SMILES string of the molecule is COc1cc(C)c(/C(O)=C2/C(=O)C(=O)N(Cc3cccc(C(F)(F)F)c3)C2c2cccs2)cc1C. The van der Waals surface area contributed by atoms with E-state index in [0.29, 0.717) is 21.8 Å². The lowest BCUT2D eigenvalue weighted by molar-refractivity contribution is -0.140. The van der Waals surface area contributed by atoms with Crippen LogP contribution in [-0.2, 0) is 22.3 Å². The maximum atomic E-state index is 13.2. The fourth-order valence-corrected chi connectivity index (χ4v) is 5.08. The van der Waals surface area contributed by atoms with E-state index < -0.39 is 29.5 Å². The van der Waals surface area contributed by atoms with Crippen LogP contribution in [0.2, 0.25) is 0 Å². The van der Waals surface area contributed by atoms with Crippen molar-refractivity contribution in [3.63, 3.8) is 0 Å². The third-order valence-corrected chi connectivity index (χ3v) is 6.88. The molecule has 9 heteroatoms. The number of hydrogen-bond acceptors (Lipinski definition) is 5. The molecule has 5 nitrogen and oxygen atoms in total. The third-order valence-electron chi connectivity index (χ3n) is 5.96. The standard InChI is InChI=1S/C26H22F3NO4S/c1-14-11-19(34-3)15(2)10-18(14)23(31)21-22(20-8-5-9-35-20)30(25(33)24(21)32)13-16-6-4-7-17(12-16)26(27,28)29/h4-12,22,31H,13H2,1-3H3/b23-21-. The first-order valence-corrected chi connectivity index (χ1v) is 11.5. The molecule has 1 fully saturated rings. The number of hydrogen-bond donors (Lipinski definition) is 1. The lowest BCUT2D eigenvalue weighted by atomic mass is 9.95. The molecular formula is C26H22F3NO4S. The summed E-state index contributed by atoms with van der Waals surface area (Å²) in [6.07, 6.45) is -4.54. The number of nitrogens with zero attached hydrogens (tertiary/aromatic N) is 1. The van der Waals surface area contributed by atoms with Crippen molar-refractivity contribution in [2.45, 2.75) is 32.6 Å². The minimum absolute atomic E-state index is 0.0999. The molecule has 0 aliphatic carbocycles. The average Bonchev–Trinajstić information content (AvgIpc) is 3.42. The van der Waals surface area contributed by atoms with Gasteiger partial charge >= 0.3 is 6.18 Å². The summed E-state index contributed by atoms with van der Waals surface area (Å²) in [5, 5.41) is 13.0. The van der Waals surface area contributed by atoms with Crippen LogP contribution in [0.1, 0.15) is 38.7 Å². The molecule has 0 radical (unpaired) electrons. The van der Waals surface area contributed by atoms with Gasteiger partial charge in [-0.1, -0.05) is 18.2 Å². The summed E-state index contributed by atoms with van der Waals surface area (Å²) in [6, 6.07) is 10.6. The molecule has 1 saturated heterocycles. The predicted molar refractivity (Wildman–Crippen MR) is 126 cm³/mol. The largest absolute Gasteiger partial charge is 0.507 e. The number of amides is 1. The van der Waals surface area contributed by atoms with Gasteiger partial charge in [-0.15, -0.1) is 11.3 Å². The van der Waals surface area contributed by atoms with Crippen molar-refractivity contribution in [2.24, 2.45) is 0 Å². The van der Waals surface area contributed by atoms with Gasteiger partial charge < -0.3 is 14.7 Å². The van der Waals surface area contributed by atoms with Crippen molar-refractivity contribution in [2.75, 3.05) is 7.11 Å². The first-order valence-electron chi connectivity index (χ1n) is 10.7. The van der Waals surface area contributed by atoms with Gasteiger partial charge in [-0.2, -0.15) is 13.2 Å². The number of ketones is 1. The molecule has 1 unspecified atom stereocenters. The monoisotopic (exact) mass is 501 g/mol. The molecule has 182 valence electrons. The van der Waals surface area contributed by atoms with E-state index in [1.165, 1.54) is 35.5 Å². The minimum atomic E-state index is -4.54. The van der Waals surface area contributed by atoms with Gasteiger partial charge in [-0.3, -0.25) is 9.59 Å². The Morgan fingerprint density at radius 3 is 2.46 bits per heavy atom. The quantitative estimate of drug-likeness (QED) is 0.264. The topological polar surface area (TPSA) is 66.8 Å². The number of halogens is 3. The van der Waals surface area contributed by atoms with Crippen LogP contribution in [0.5, 0.6) is 5.75 Å². The van der Waals surface area contributed by atoms with Crippen molar-refractivity contribution in [3.8, 4) is 5.75 Å². The molecule has 4 rings (SSSR count). The summed E-state index contributed by atoms with van der Waals surface area (Å²) < 4.78 is 45.0. The zero-order valence-electron chi connectivity index (χ0n) is 19.1. The van der Waals surface area contributed by atoms with E-state index in [0.717, 1.165) is 17.7 Å². The Labute approximate surface area is 204 Å². The number of benzene rings is 2. The van der Waals surface area contributed by atoms with Crippen molar-refractivity contribution < 1.29 is 32.6 Å². The molecule has 2 heterocycles. The Morgan fingerprint density at radius 2 is 1.83 bits per heavy atom. The van der Waals surface area contributed by atoms with Crippen molar-refractivity contribution in [3.05, 3.63) is 92.2 Å². The second-order valence-electron chi connectivity index (χ2n) is 8.28. The number of methoxy groups -OCH3 is 1. The first kappa shape index (κ1) is 24.5. The number of carbonyl (C=O) groups is 2. The second kappa shape index (κ2) is 9.22. The van der Waals surface area contributed by atoms with Gasteiger partial charge in [0.15, 0.2) is 0 Å². The maximum absolute atomic E-state index is 13.2. The zero-order valence-corrected chi connectivity index (χ0v) is 20.0. The van der Waals surface area contributed by atoms with E-state index >= 15 is 0 Å². The molecule has 35 heavy (non-hydrogen) atoms. The smallest absolute Gasteiger partial charge is 0.416 e. The number of aliphatic hydroxyl groups is 1. The van der Waals surface area contributed by atoms with E-state index in [1.807, 2.05) is 0 Å². The summed E-state index contributed by atoms with van der Waals surface area (Å²) in [4.78, 5) is 28.1. The van der Waals surface area contributed by atoms with Gasteiger partial charge in [0.05, 0.1) is 24.3 Å². The summed E-state index contributed by atoms with van der Waals surface area (Å²) in [5.74, 6) is -1.50. The lowest BCUT2D eigenvalue weighted by Gasteiger charge is -2.24. The summed E-state index contributed by atoms with van der Waals surface area (Å²) >= 11 is 1.28. The zero-order chi connectivity index (χ0) is 25.5. The number of Topliss-reactive ketones (excluding diaryl/α,β-unsaturated/α-hetero) is 1. The van der Waals surface area contributed by atoms with Gasteiger partial charge in [0, 0.05) is 17.0 Å². The Bertz CT molecular complexity index is 1330. The molecule has 1 aromatic heterocycles. The number of thiophene rings is 1. The number of likely N-dealkylation sites (tertiary alicyclic amines) is 1. The molecule has 0 spiro atoms. The highest BCUT2D eigenvalue weighted by atomic mass is 32.1. The van der Waals surface area contributed by atoms with Gasteiger partial charge in [-0.05, 0) is 66.2 Å². The molecule has 1 aliphatic rings. The Balaban J connectivity index is 1.84. The number of rotatable bonds is 5. The third kappa shape index (κ3) is 4.55. The molecule has 0 bridgehead atoms. The van der Waals surface area contributed by atoms with Gasteiger partial charge in [0.25, 0.3) is 11.7 Å². The van der Waals surface area contributed by atoms with Crippen molar-refractivity contribution in [1.29, 1.82) is 0 Å². The molecule has 1 atom stereocenters. The number of aryl methyl sites for hydroxylation is 2. The van der Waals surface area contributed by atoms with E-state index in [4.69, 9.17) is 4.74 Å². The number of carbonyl (C=O) groups excluding carboxylic acids is 2. The van der Waals surface area contributed by atoms with Crippen molar-refractivity contribution >= 4 is 28.8 Å². The molecule has 1 amide bonds. The van der Waals surface area contributed by atoms with Gasteiger partial charge in [0.2, 0.25) is 0 Å². The fourth-order valence-electron chi connectivity index (χ4n) is 4.24. The van der Waals surface area contributed by atoms with Gasteiger partial charge in [-0.25, -0.2) is 0 Å². The van der Waals surface area contributed by atoms with E-state index in [-0.39, 0.29) is 23.4 Å². The lowest BCUT2D eigenvalue weighted by Crippen LogP contribution is -2.29. The second-order valence-corrected chi connectivity index (χ2v) is 9.26. The van der Waals surface area contributed by atoms with E-state index in [2.05, 4.69) is 0 Å². The molecule has 2 aromatic carbocycles. The molecule has 3 aromatic rings. The minimum Gasteiger partial charge on any atom is -0.507 e. The Morgan fingerprint density at radius 1 is 1.09 bits per heavy atom. The van der Waals surface area contributed by atoms with Crippen LogP contribution >= 0.6 is 11.3 Å². The van der Waals surface area contributed by atoms with Crippen LogP contribution in [0.4, 0.5) is 13.2 Å². The van der Waals surface area contributed by atoms with Crippen molar-refractivity contribution in [1.82, 2.24) is 4.90 Å². The summed E-state index contributed by atoms with van der Waals surface area (Å²) in [7, 11) is 1.53. The van der Waals surface area contributed by atoms with Crippen LogP contribution in [-0.4, -0.2) is 28.8 Å². The average molecular weight is 502 g/mol. The summed E-state index contributed by atoms with van der Waals surface area (Å²) in [5.41, 5.74) is 1.02. The van der Waals surface area contributed by atoms with E-state index in [9.17, 15) is 27.9 Å². The number of aliphatic hydroxyl groups excluding tert-OH is 1. The highest BCUT2D eigenvalue weighted by Gasteiger charge is 2.46. The Kier molecular flexibility index (Phi) is 6.46. The van der Waals surface area contributed by atoms with Crippen LogP contribution in [0.15, 0.2) is 59.5 Å². The molecular weight excluding hydrogens is 479 g/mol. The fraction of sp³-hybridized carbons (Fsp3) is 0.231. The van der Waals surface area contributed by atoms with Crippen LogP contribution in [0, 0.1) is 13.8 Å². The van der Waals surface area contributed by atoms with E-state index in [1.54, 1.807) is 43.5 Å². The molecule has 1 N–H and O–H groups in total.